The fourth-order valence-corrected chi connectivity index (χ4v) is 3.69. The third kappa shape index (κ3) is 3.24. The normalized spacial score (nSPS) is 14.1. The predicted molar refractivity (Wildman–Crippen MR) is 117 cm³/mol. The molecule has 0 bridgehead atoms. The van der Waals surface area contributed by atoms with Crippen LogP contribution in [0.25, 0.3) is 16.5 Å². The minimum Gasteiger partial charge on any atom is -0.509 e. The molecule has 0 radical (unpaired) electrons. The topological polar surface area (TPSA) is 96.3 Å². The SMILES string of the molecule is CCN(CC)c1ccc(N2CC(O)=C(c3nc4ccccc4c(=O)[nH]3)C2=N)cc1. The first-order chi connectivity index (χ1) is 14.0. The molecule has 0 amide bonds. The molecule has 0 saturated heterocycles. The summed E-state index contributed by atoms with van der Waals surface area (Å²) in [5.41, 5.74) is 2.40. The molecule has 0 aliphatic carbocycles. The van der Waals surface area contributed by atoms with Gasteiger partial charge in [0, 0.05) is 24.5 Å². The molecule has 3 N–H and O–H groups in total. The van der Waals surface area contributed by atoms with Crippen LogP contribution in [0, 0.1) is 5.41 Å². The lowest BCUT2D eigenvalue weighted by Gasteiger charge is -2.23. The van der Waals surface area contributed by atoms with Gasteiger partial charge in [-0.2, -0.15) is 0 Å². The standard InChI is InChI=1S/C22H23N5O2/c1-3-26(4-2)14-9-11-15(12-10-14)27-13-18(28)19(20(27)23)21-24-17-8-6-5-7-16(17)22(29)25-21/h5-12,23,28H,3-4,13H2,1-2H3,(H,24,25,29). The van der Waals surface area contributed by atoms with Crippen molar-refractivity contribution in [1.82, 2.24) is 9.97 Å². The minimum atomic E-state index is -0.291. The zero-order valence-electron chi connectivity index (χ0n) is 16.4. The second-order valence-corrected chi connectivity index (χ2v) is 6.88. The molecule has 2 heterocycles. The van der Waals surface area contributed by atoms with Crippen molar-refractivity contribution in [3.05, 3.63) is 70.5 Å². The maximum Gasteiger partial charge on any atom is 0.259 e. The summed E-state index contributed by atoms with van der Waals surface area (Å²) in [6.45, 7) is 6.22. The third-order valence-electron chi connectivity index (χ3n) is 5.24. The quantitative estimate of drug-likeness (QED) is 0.620. The average Bonchev–Trinajstić information content (AvgIpc) is 3.03. The number of fused-ring (bicyclic) bond motifs is 1. The number of aromatic nitrogens is 2. The molecule has 2 aromatic carbocycles. The van der Waals surface area contributed by atoms with Gasteiger partial charge < -0.3 is 19.9 Å². The number of H-pyrrole nitrogens is 1. The van der Waals surface area contributed by atoms with Crippen molar-refractivity contribution < 1.29 is 5.11 Å². The zero-order chi connectivity index (χ0) is 20.5. The van der Waals surface area contributed by atoms with Gasteiger partial charge in [0.2, 0.25) is 0 Å². The molecular weight excluding hydrogens is 366 g/mol. The van der Waals surface area contributed by atoms with Crippen molar-refractivity contribution in [3.8, 4) is 0 Å². The van der Waals surface area contributed by atoms with Crippen molar-refractivity contribution in [2.24, 2.45) is 0 Å². The van der Waals surface area contributed by atoms with Gasteiger partial charge in [0.15, 0.2) is 0 Å². The highest BCUT2D eigenvalue weighted by atomic mass is 16.3. The largest absolute Gasteiger partial charge is 0.509 e. The molecule has 3 aromatic rings. The van der Waals surface area contributed by atoms with E-state index in [1.165, 1.54) is 0 Å². The van der Waals surface area contributed by atoms with Gasteiger partial charge in [-0.3, -0.25) is 10.2 Å². The van der Waals surface area contributed by atoms with Gasteiger partial charge in [-0.1, -0.05) is 12.1 Å². The molecular formula is C22H23N5O2. The van der Waals surface area contributed by atoms with E-state index in [-0.39, 0.29) is 35.1 Å². The minimum absolute atomic E-state index is 0.0150. The molecule has 0 fully saturated rings. The van der Waals surface area contributed by atoms with Gasteiger partial charge in [-0.05, 0) is 50.2 Å². The van der Waals surface area contributed by atoms with Crippen LogP contribution >= 0.6 is 0 Å². The highest BCUT2D eigenvalue weighted by molar-refractivity contribution is 6.30. The van der Waals surface area contributed by atoms with Crippen LogP contribution in [-0.2, 0) is 0 Å². The molecule has 0 atom stereocenters. The summed E-state index contributed by atoms with van der Waals surface area (Å²) in [5, 5.41) is 19.6. The molecule has 148 valence electrons. The lowest BCUT2D eigenvalue weighted by Crippen LogP contribution is -2.27. The number of benzene rings is 2. The molecule has 1 aliphatic heterocycles. The lowest BCUT2D eigenvalue weighted by molar-refractivity contribution is 0.411. The number of hydrogen-bond donors (Lipinski definition) is 3. The summed E-state index contributed by atoms with van der Waals surface area (Å²) >= 11 is 0. The average molecular weight is 389 g/mol. The highest BCUT2D eigenvalue weighted by Crippen LogP contribution is 2.30. The number of para-hydroxylation sites is 1. The van der Waals surface area contributed by atoms with Crippen molar-refractivity contribution in [1.29, 1.82) is 5.41 Å². The van der Waals surface area contributed by atoms with E-state index < -0.39 is 0 Å². The molecule has 7 heteroatoms. The Hall–Kier alpha value is -3.61. The van der Waals surface area contributed by atoms with E-state index in [0.29, 0.717) is 10.9 Å². The van der Waals surface area contributed by atoms with E-state index in [9.17, 15) is 9.90 Å². The first kappa shape index (κ1) is 18.7. The Labute approximate surface area is 168 Å². The van der Waals surface area contributed by atoms with Crippen LogP contribution in [0.1, 0.15) is 19.7 Å². The van der Waals surface area contributed by atoms with Gasteiger partial charge in [0.25, 0.3) is 5.56 Å². The number of aromatic amines is 1. The van der Waals surface area contributed by atoms with Crippen LogP contribution in [-0.4, -0.2) is 40.5 Å². The number of anilines is 2. The number of amidine groups is 1. The molecule has 1 aromatic heterocycles. The monoisotopic (exact) mass is 389 g/mol. The zero-order valence-corrected chi connectivity index (χ0v) is 16.4. The number of aliphatic hydroxyl groups excluding tert-OH is 1. The summed E-state index contributed by atoms with van der Waals surface area (Å²) in [4.78, 5) is 23.5. The molecule has 4 rings (SSSR count). The van der Waals surface area contributed by atoms with Crippen molar-refractivity contribution in [2.45, 2.75) is 13.8 Å². The van der Waals surface area contributed by atoms with E-state index >= 15 is 0 Å². The van der Waals surface area contributed by atoms with E-state index in [2.05, 4.69) is 28.7 Å². The molecule has 0 unspecified atom stereocenters. The Balaban J connectivity index is 1.66. The second-order valence-electron chi connectivity index (χ2n) is 6.88. The van der Waals surface area contributed by atoms with E-state index in [0.717, 1.165) is 24.5 Å². The number of nitrogens with one attached hydrogen (secondary N) is 2. The van der Waals surface area contributed by atoms with Gasteiger partial charge in [-0.25, -0.2) is 4.98 Å². The smallest absolute Gasteiger partial charge is 0.259 e. The van der Waals surface area contributed by atoms with Crippen LogP contribution in [0.5, 0.6) is 0 Å². The molecule has 0 saturated carbocycles. The summed E-state index contributed by atoms with van der Waals surface area (Å²) < 4.78 is 0. The first-order valence-electron chi connectivity index (χ1n) is 9.66. The molecule has 29 heavy (non-hydrogen) atoms. The third-order valence-corrected chi connectivity index (χ3v) is 5.24. The van der Waals surface area contributed by atoms with E-state index in [4.69, 9.17) is 5.41 Å². The van der Waals surface area contributed by atoms with Crippen molar-refractivity contribution in [3.63, 3.8) is 0 Å². The molecule has 1 aliphatic rings. The number of nitrogens with zero attached hydrogens (tertiary/aromatic N) is 3. The lowest BCUT2D eigenvalue weighted by atomic mass is 10.2. The Morgan fingerprint density at radius 2 is 1.83 bits per heavy atom. The summed E-state index contributed by atoms with van der Waals surface area (Å²) in [7, 11) is 0. The highest BCUT2D eigenvalue weighted by Gasteiger charge is 2.31. The van der Waals surface area contributed by atoms with Crippen LogP contribution in [0.2, 0.25) is 0 Å². The van der Waals surface area contributed by atoms with Crippen LogP contribution in [0.15, 0.2) is 59.1 Å². The van der Waals surface area contributed by atoms with Crippen LogP contribution in [0.4, 0.5) is 11.4 Å². The Kier molecular flexibility index (Phi) is 4.80. The number of rotatable bonds is 5. The first-order valence-corrected chi connectivity index (χ1v) is 9.66. The molecule has 7 nitrogen and oxygen atoms in total. The predicted octanol–water partition coefficient (Wildman–Crippen LogP) is 3.54. The number of hydrogen-bond acceptors (Lipinski definition) is 5. The maximum atomic E-state index is 12.4. The second kappa shape index (κ2) is 7.43. The van der Waals surface area contributed by atoms with Gasteiger partial charge in [-0.15, -0.1) is 0 Å². The van der Waals surface area contributed by atoms with Gasteiger partial charge >= 0.3 is 0 Å². The van der Waals surface area contributed by atoms with E-state index in [1.807, 2.05) is 24.3 Å². The van der Waals surface area contributed by atoms with Crippen LogP contribution in [0.3, 0.4) is 0 Å². The number of aliphatic hydroxyl groups is 1. The van der Waals surface area contributed by atoms with Crippen molar-refractivity contribution in [2.75, 3.05) is 29.4 Å². The summed E-state index contributed by atoms with van der Waals surface area (Å²) in [6, 6.07) is 14.9. The Morgan fingerprint density at radius 1 is 1.14 bits per heavy atom. The maximum absolute atomic E-state index is 12.4. The summed E-state index contributed by atoms with van der Waals surface area (Å²) in [6.07, 6.45) is 0. The van der Waals surface area contributed by atoms with Gasteiger partial charge in [0.1, 0.15) is 17.4 Å². The van der Waals surface area contributed by atoms with Crippen molar-refractivity contribution >= 4 is 33.7 Å². The fraction of sp³-hybridized carbons (Fsp3) is 0.227. The fourth-order valence-electron chi connectivity index (χ4n) is 3.69. The Bertz CT molecular complexity index is 1160. The summed E-state index contributed by atoms with van der Waals surface area (Å²) in [5.74, 6) is 0.330. The molecule has 0 spiro atoms. The Morgan fingerprint density at radius 3 is 2.52 bits per heavy atom. The van der Waals surface area contributed by atoms with Gasteiger partial charge in [0.05, 0.1) is 23.0 Å². The van der Waals surface area contributed by atoms with E-state index in [1.54, 1.807) is 29.2 Å². The van der Waals surface area contributed by atoms with Crippen LogP contribution < -0.4 is 15.4 Å².